The fourth-order valence-corrected chi connectivity index (χ4v) is 2.07. The van der Waals surface area contributed by atoms with E-state index in [1.165, 1.54) is 7.11 Å². The molecule has 1 heterocycles. The molecule has 0 aliphatic carbocycles. The van der Waals surface area contributed by atoms with E-state index in [0.29, 0.717) is 10.8 Å². The largest absolute Gasteiger partial charge is 0.497 e. The highest BCUT2D eigenvalue weighted by atomic mass is 35.5. The van der Waals surface area contributed by atoms with Crippen molar-refractivity contribution in [1.29, 1.82) is 0 Å². The van der Waals surface area contributed by atoms with E-state index < -0.39 is 0 Å². The zero-order valence-corrected chi connectivity index (χ0v) is 10.3. The van der Waals surface area contributed by atoms with Crippen LogP contribution in [0.2, 0.25) is 5.02 Å². The summed E-state index contributed by atoms with van der Waals surface area (Å²) in [6.07, 6.45) is 1.95. The lowest BCUT2D eigenvalue weighted by Gasteiger charge is -2.03. The molecule has 0 bridgehead atoms. The number of H-pyrrole nitrogens is 1. The maximum absolute atomic E-state index is 11.3. The number of methoxy groups -OCH3 is 2. The van der Waals surface area contributed by atoms with Gasteiger partial charge in [0.15, 0.2) is 0 Å². The first-order valence-corrected chi connectivity index (χ1v) is 5.43. The molecule has 2 aromatic rings. The number of aromatic amines is 1. The second kappa shape index (κ2) is 4.67. The van der Waals surface area contributed by atoms with E-state index in [1.807, 2.05) is 6.07 Å². The normalized spacial score (nSPS) is 10.5. The van der Waals surface area contributed by atoms with Crippen molar-refractivity contribution in [3.8, 4) is 5.75 Å². The van der Waals surface area contributed by atoms with Crippen LogP contribution in [0.15, 0.2) is 18.3 Å². The van der Waals surface area contributed by atoms with Gasteiger partial charge in [-0.3, -0.25) is 4.79 Å². The number of hydrogen-bond acceptors (Lipinski definition) is 3. The number of benzene rings is 1. The van der Waals surface area contributed by atoms with Gasteiger partial charge in [-0.05, 0) is 11.6 Å². The molecule has 0 saturated carbocycles. The Balaban J connectivity index is 2.49. The van der Waals surface area contributed by atoms with Crippen molar-refractivity contribution in [3.63, 3.8) is 0 Å². The maximum Gasteiger partial charge on any atom is 0.310 e. The topological polar surface area (TPSA) is 51.3 Å². The molecule has 0 atom stereocenters. The lowest BCUT2D eigenvalue weighted by Crippen LogP contribution is -2.03. The Morgan fingerprint density at radius 3 is 2.82 bits per heavy atom. The van der Waals surface area contributed by atoms with Gasteiger partial charge in [0.05, 0.1) is 31.2 Å². The molecule has 1 aromatic heterocycles. The van der Waals surface area contributed by atoms with E-state index in [-0.39, 0.29) is 12.4 Å². The maximum atomic E-state index is 11.3. The average Bonchev–Trinajstić information content (AvgIpc) is 2.72. The summed E-state index contributed by atoms with van der Waals surface area (Å²) >= 11 is 6.16. The summed E-state index contributed by atoms with van der Waals surface area (Å²) in [5.74, 6) is 0.381. The van der Waals surface area contributed by atoms with Crippen LogP contribution in [0.1, 0.15) is 5.56 Å². The average molecular weight is 254 g/mol. The monoisotopic (exact) mass is 253 g/mol. The summed E-state index contributed by atoms with van der Waals surface area (Å²) in [5.41, 5.74) is 1.66. The van der Waals surface area contributed by atoms with E-state index in [1.54, 1.807) is 19.4 Å². The van der Waals surface area contributed by atoms with Crippen molar-refractivity contribution in [3.05, 3.63) is 28.9 Å². The minimum Gasteiger partial charge on any atom is -0.497 e. The fraction of sp³-hybridized carbons (Fsp3) is 0.250. The van der Waals surface area contributed by atoms with Gasteiger partial charge < -0.3 is 14.5 Å². The molecule has 0 amide bonds. The molecule has 90 valence electrons. The van der Waals surface area contributed by atoms with Crippen LogP contribution in [-0.4, -0.2) is 25.2 Å². The van der Waals surface area contributed by atoms with Crippen LogP contribution in [0.3, 0.4) is 0 Å². The van der Waals surface area contributed by atoms with Crippen LogP contribution >= 0.6 is 11.6 Å². The Morgan fingerprint density at radius 2 is 2.18 bits per heavy atom. The third kappa shape index (κ3) is 2.22. The molecule has 5 heteroatoms. The van der Waals surface area contributed by atoms with Crippen molar-refractivity contribution < 1.29 is 14.3 Å². The minimum atomic E-state index is -0.294. The third-order valence-corrected chi connectivity index (χ3v) is 2.88. The molecule has 0 radical (unpaired) electrons. The van der Waals surface area contributed by atoms with Crippen molar-refractivity contribution in [2.45, 2.75) is 6.42 Å². The molecule has 0 spiro atoms. The summed E-state index contributed by atoms with van der Waals surface area (Å²) in [6.45, 7) is 0. The smallest absolute Gasteiger partial charge is 0.310 e. The first-order chi connectivity index (χ1) is 8.15. The van der Waals surface area contributed by atoms with Crippen LogP contribution < -0.4 is 4.74 Å². The first kappa shape index (κ1) is 11.8. The second-order valence-corrected chi connectivity index (χ2v) is 4.01. The Bertz CT molecular complexity index is 562. The Kier molecular flexibility index (Phi) is 3.24. The molecule has 0 aliphatic rings. The van der Waals surface area contributed by atoms with Crippen LogP contribution in [-0.2, 0) is 16.0 Å². The number of carbonyl (C=O) groups is 1. The molecular formula is C12H12ClNO3. The van der Waals surface area contributed by atoms with E-state index in [4.69, 9.17) is 16.3 Å². The van der Waals surface area contributed by atoms with Crippen LogP contribution in [0.4, 0.5) is 0 Å². The molecule has 1 aromatic carbocycles. The molecule has 1 N–H and O–H groups in total. The van der Waals surface area contributed by atoms with Crippen molar-refractivity contribution >= 4 is 28.5 Å². The number of fused-ring (bicyclic) bond motifs is 1. The number of esters is 1. The summed E-state index contributed by atoms with van der Waals surface area (Å²) in [4.78, 5) is 14.3. The second-order valence-electron chi connectivity index (χ2n) is 3.60. The third-order valence-electron chi connectivity index (χ3n) is 2.58. The van der Waals surface area contributed by atoms with Gasteiger partial charge in [0.2, 0.25) is 0 Å². The van der Waals surface area contributed by atoms with Gasteiger partial charge in [-0.15, -0.1) is 0 Å². The highest BCUT2D eigenvalue weighted by Gasteiger charge is 2.12. The zero-order valence-electron chi connectivity index (χ0n) is 9.54. The first-order valence-electron chi connectivity index (χ1n) is 5.06. The van der Waals surface area contributed by atoms with E-state index in [0.717, 1.165) is 16.5 Å². The van der Waals surface area contributed by atoms with Gasteiger partial charge >= 0.3 is 5.97 Å². The number of ether oxygens (including phenoxy) is 2. The SMILES string of the molecule is COC(=O)Cc1c[nH]c2cc(OC)cc(Cl)c12. The van der Waals surface area contributed by atoms with Gasteiger partial charge in [0.1, 0.15) is 5.75 Å². The minimum absolute atomic E-state index is 0.197. The standard InChI is InChI=1S/C12H12ClNO3/c1-16-8-4-9(13)12-7(3-11(15)17-2)6-14-10(12)5-8/h4-6,14H,3H2,1-2H3. The highest BCUT2D eigenvalue weighted by Crippen LogP contribution is 2.31. The number of nitrogens with one attached hydrogen (secondary N) is 1. The zero-order chi connectivity index (χ0) is 12.4. The fourth-order valence-electron chi connectivity index (χ4n) is 1.74. The summed E-state index contributed by atoms with van der Waals surface area (Å²) in [5, 5.41) is 1.39. The lowest BCUT2D eigenvalue weighted by atomic mass is 10.1. The number of carbonyl (C=O) groups excluding carboxylic acids is 1. The van der Waals surface area contributed by atoms with E-state index >= 15 is 0 Å². The molecule has 17 heavy (non-hydrogen) atoms. The number of aromatic nitrogens is 1. The van der Waals surface area contributed by atoms with Crippen LogP contribution in [0.5, 0.6) is 5.75 Å². The molecule has 0 unspecified atom stereocenters. The van der Waals surface area contributed by atoms with E-state index in [2.05, 4.69) is 9.72 Å². The highest BCUT2D eigenvalue weighted by molar-refractivity contribution is 6.36. The predicted octanol–water partition coefficient (Wildman–Crippen LogP) is 2.55. The van der Waals surface area contributed by atoms with Gasteiger partial charge in [0, 0.05) is 17.6 Å². The van der Waals surface area contributed by atoms with Gasteiger partial charge in [-0.1, -0.05) is 11.6 Å². The predicted molar refractivity (Wildman–Crippen MR) is 65.6 cm³/mol. The Labute approximate surface area is 103 Å². The van der Waals surface area contributed by atoms with Crippen LogP contribution in [0.25, 0.3) is 10.9 Å². The molecule has 2 rings (SSSR count). The number of rotatable bonds is 3. The van der Waals surface area contributed by atoms with Gasteiger partial charge in [-0.2, -0.15) is 0 Å². The Hall–Kier alpha value is -1.68. The molecular weight excluding hydrogens is 242 g/mol. The summed E-state index contributed by atoms with van der Waals surface area (Å²) in [6, 6.07) is 3.56. The van der Waals surface area contributed by atoms with Crippen molar-refractivity contribution in [1.82, 2.24) is 4.98 Å². The number of halogens is 1. The lowest BCUT2D eigenvalue weighted by molar-refractivity contribution is -0.139. The number of hydrogen-bond donors (Lipinski definition) is 1. The molecule has 0 saturated heterocycles. The molecule has 4 nitrogen and oxygen atoms in total. The van der Waals surface area contributed by atoms with Gasteiger partial charge in [-0.25, -0.2) is 0 Å². The summed E-state index contributed by atoms with van der Waals surface area (Å²) < 4.78 is 9.76. The molecule has 0 fully saturated rings. The molecule has 0 aliphatic heterocycles. The van der Waals surface area contributed by atoms with Crippen LogP contribution in [0, 0.1) is 0 Å². The Morgan fingerprint density at radius 1 is 1.41 bits per heavy atom. The quantitative estimate of drug-likeness (QED) is 0.856. The van der Waals surface area contributed by atoms with Gasteiger partial charge in [0.25, 0.3) is 0 Å². The summed E-state index contributed by atoms with van der Waals surface area (Å²) in [7, 11) is 2.94. The van der Waals surface area contributed by atoms with Crippen molar-refractivity contribution in [2.75, 3.05) is 14.2 Å². The van der Waals surface area contributed by atoms with E-state index in [9.17, 15) is 4.79 Å². The van der Waals surface area contributed by atoms with Crippen molar-refractivity contribution in [2.24, 2.45) is 0 Å².